The molecule has 0 saturated carbocycles. The average Bonchev–Trinajstić information content (AvgIpc) is 2.47. The lowest BCUT2D eigenvalue weighted by molar-refractivity contribution is -0.146. The number of imide groups is 1. The Hall–Kier alpha value is -2.37. The van der Waals surface area contributed by atoms with Crippen LogP contribution in [-0.4, -0.2) is 35.7 Å². The van der Waals surface area contributed by atoms with Gasteiger partial charge in [0.25, 0.3) is 5.91 Å². The monoisotopic (exact) mass is 289 g/mol. The molecule has 0 unspecified atom stereocenters. The van der Waals surface area contributed by atoms with Crippen LogP contribution in [0.25, 0.3) is 0 Å². The highest BCUT2D eigenvalue weighted by Crippen LogP contribution is 2.15. The molecule has 1 saturated heterocycles. The topological polar surface area (TPSA) is 92.5 Å². The molecule has 3 N–H and O–H groups in total. The second kappa shape index (κ2) is 6.39. The minimum Gasteiger partial charge on any atom is -0.399 e. The molecule has 1 aliphatic heterocycles. The number of nitrogen functional groups attached to an aromatic ring is 1. The van der Waals surface area contributed by atoms with Crippen molar-refractivity contribution in [2.24, 2.45) is 5.92 Å². The Bertz CT molecular complexity index is 546. The Kier molecular flexibility index (Phi) is 4.57. The molecule has 0 aliphatic carbocycles. The Labute approximate surface area is 123 Å². The minimum absolute atomic E-state index is 0.289. The maximum absolute atomic E-state index is 12.0. The van der Waals surface area contributed by atoms with Crippen LogP contribution in [0.4, 0.5) is 5.69 Å². The number of amides is 3. The molecule has 2 rings (SSSR count). The lowest BCUT2D eigenvalue weighted by Gasteiger charge is -2.29. The van der Waals surface area contributed by atoms with E-state index in [2.05, 4.69) is 12.2 Å². The fourth-order valence-corrected chi connectivity index (χ4v) is 2.22. The highest BCUT2D eigenvalue weighted by molar-refractivity contribution is 6.38. The number of nitrogens with zero attached hydrogens (tertiary/aromatic N) is 1. The second-order valence-electron chi connectivity index (χ2n) is 5.38. The summed E-state index contributed by atoms with van der Waals surface area (Å²) in [4.78, 5) is 37.1. The van der Waals surface area contributed by atoms with Crippen molar-refractivity contribution in [2.75, 3.05) is 18.8 Å². The molecule has 0 radical (unpaired) electrons. The fourth-order valence-electron chi connectivity index (χ4n) is 2.22. The molecule has 6 nitrogen and oxygen atoms in total. The summed E-state index contributed by atoms with van der Waals surface area (Å²) in [7, 11) is 0. The van der Waals surface area contributed by atoms with Crippen molar-refractivity contribution in [3.63, 3.8) is 0 Å². The Morgan fingerprint density at radius 2 is 1.71 bits per heavy atom. The molecule has 1 fully saturated rings. The average molecular weight is 289 g/mol. The molecule has 1 aliphatic rings. The van der Waals surface area contributed by atoms with E-state index < -0.39 is 17.7 Å². The number of hydrogen-bond acceptors (Lipinski definition) is 4. The molecule has 0 spiro atoms. The van der Waals surface area contributed by atoms with Crippen LogP contribution >= 0.6 is 0 Å². The number of carbonyl (C=O) groups is 3. The smallest absolute Gasteiger partial charge is 0.316 e. The first-order valence-corrected chi connectivity index (χ1v) is 6.97. The van der Waals surface area contributed by atoms with Gasteiger partial charge in [-0.25, -0.2) is 0 Å². The van der Waals surface area contributed by atoms with Crippen LogP contribution in [0.3, 0.4) is 0 Å². The number of nitrogens with one attached hydrogen (secondary N) is 1. The lowest BCUT2D eigenvalue weighted by Crippen LogP contribution is -2.47. The molecule has 3 amide bonds. The summed E-state index contributed by atoms with van der Waals surface area (Å²) in [5, 5.41) is 2.11. The van der Waals surface area contributed by atoms with Gasteiger partial charge in [-0.2, -0.15) is 0 Å². The first-order chi connectivity index (χ1) is 9.97. The van der Waals surface area contributed by atoms with Gasteiger partial charge in [0.05, 0.1) is 0 Å². The molecule has 0 atom stereocenters. The van der Waals surface area contributed by atoms with Crippen LogP contribution in [0.2, 0.25) is 0 Å². The van der Waals surface area contributed by atoms with Crippen molar-refractivity contribution in [3.05, 3.63) is 29.8 Å². The molecule has 1 aromatic carbocycles. The highest BCUT2D eigenvalue weighted by Gasteiger charge is 2.26. The van der Waals surface area contributed by atoms with E-state index in [4.69, 9.17) is 5.73 Å². The molecule has 21 heavy (non-hydrogen) atoms. The van der Waals surface area contributed by atoms with Crippen molar-refractivity contribution in [1.82, 2.24) is 10.2 Å². The molecule has 1 aromatic rings. The van der Waals surface area contributed by atoms with Crippen molar-refractivity contribution < 1.29 is 14.4 Å². The van der Waals surface area contributed by atoms with E-state index in [1.165, 1.54) is 17.0 Å². The van der Waals surface area contributed by atoms with Crippen molar-refractivity contribution in [1.29, 1.82) is 0 Å². The number of nitrogens with two attached hydrogens (primary N) is 1. The first-order valence-electron chi connectivity index (χ1n) is 6.97. The van der Waals surface area contributed by atoms with E-state index in [-0.39, 0.29) is 5.56 Å². The van der Waals surface area contributed by atoms with E-state index in [1.54, 1.807) is 12.1 Å². The summed E-state index contributed by atoms with van der Waals surface area (Å²) in [6.45, 7) is 3.24. The summed E-state index contributed by atoms with van der Waals surface area (Å²) in [5.41, 5.74) is 6.34. The second-order valence-corrected chi connectivity index (χ2v) is 5.38. The largest absolute Gasteiger partial charge is 0.399 e. The molecular formula is C15H19N3O3. The minimum atomic E-state index is -0.883. The summed E-state index contributed by atoms with van der Waals surface area (Å²) < 4.78 is 0. The van der Waals surface area contributed by atoms with Crippen LogP contribution in [0.5, 0.6) is 0 Å². The standard InChI is InChI=1S/C15H19N3O3/c1-10-6-8-18(9-7-10)15(21)14(20)17-13(19)11-2-4-12(16)5-3-11/h2-5,10H,6-9,16H2,1H3,(H,17,19,20). The van der Waals surface area contributed by atoms with Gasteiger partial charge >= 0.3 is 11.8 Å². The number of likely N-dealkylation sites (tertiary alicyclic amines) is 1. The number of piperidine rings is 1. The van der Waals surface area contributed by atoms with Gasteiger partial charge in [0.1, 0.15) is 0 Å². The van der Waals surface area contributed by atoms with E-state index >= 15 is 0 Å². The Morgan fingerprint density at radius 3 is 2.29 bits per heavy atom. The SMILES string of the molecule is CC1CCN(C(=O)C(=O)NC(=O)c2ccc(N)cc2)CC1. The van der Waals surface area contributed by atoms with Gasteiger partial charge in [0.15, 0.2) is 0 Å². The van der Waals surface area contributed by atoms with Gasteiger partial charge < -0.3 is 10.6 Å². The molecule has 1 heterocycles. The van der Waals surface area contributed by atoms with Gasteiger partial charge in [0.2, 0.25) is 0 Å². The number of rotatable bonds is 1. The van der Waals surface area contributed by atoms with Crippen LogP contribution in [0, 0.1) is 5.92 Å². The quantitative estimate of drug-likeness (QED) is 0.590. The van der Waals surface area contributed by atoms with Gasteiger partial charge in [-0.15, -0.1) is 0 Å². The molecular weight excluding hydrogens is 270 g/mol. The van der Waals surface area contributed by atoms with Crippen LogP contribution < -0.4 is 11.1 Å². The molecule has 0 bridgehead atoms. The van der Waals surface area contributed by atoms with Crippen molar-refractivity contribution in [2.45, 2.75) is 19.8 Å². The zero-order valence-electron chi connectivity index (χ0n) is 12.0. The number of benzene rings is 1. The first kappa shape index (κ1) is 15.0. The summed E-state index contributed by atoms with van der Waals surface area (Å²) >= 11 is 0. The highest BCUT2D eigenvalue weighted by atomic mass is 16.2. The lowest BCUT2D eigenvalue weighted by atomic mass is 9.99. The normalized spacial score (nSPS) is 15.6. The third kappa shape index (κ3) is 3.81. The summed E-state index contributed by atoms with van der Waals surface area (Å²) in [6.07, 6.45) is 1.76. The van der Waals surface area contributed by atoms with Gasteiger partial charge in [-0.3, -0.25) is 19.7 Å². The number of carbonyl (C=O) groups excluding carboxylic acids is 3. The van der Waals surface area contributed by atoms with E-state index in [1.807, 2.05) is 0 Å². The Morgan fingerprint density at radius 1 is 1.14 bits per heavy atom. The van der Waals surface area contributed by atoms with Crippen LogP contribution in [0.1, 0.15) is 30.1 Å². The maximum Gasteiger partial charge on any atom is 0.316 e. The van der Waals surface area contributed by atoms with E-state index in [0.717, 1.165) is 12.8 Å². The number of anilines is 1. The number of hydrogen-bond donors (Lipinski definition) is 2. The zero-order chi connectivity index (χ0) is 15.4. The zero-order valence-corrected chi connectivity index (χ0v) is 12.0. The molecule has 0 aromatic heterocycles. The fraction of sp³-hybridized carbons (Fsp3) is 0.400. The van der Waals surface area contributed by atoms with Gasteiger partial charge in [-0.1, -0.05) is 6.92 Å². The summed E-state index contributed by atoms with van der Waals surface area (Å²) in [5.74, 6) is -1.57. The van der Waals surface area contributed by atoms with Gasteiger partial charge in [0, 0.05) is 24.3 Å². The molecule has 6 heteroatoms. The third-order valence-electron chi connectivity index (χ3n) is 3.67. The molecule has 112 valence electrons. The third-order valence-corrected chi connectivity index (χ3v) is 3.67. The predicted octanol–water partition coefficient (Wildman–Crippen LogP) is 0.784. The van der Waals surface area contributed by atoms with E-state index in [0.29, 0.717) is 24.7 Å². The maximum atomic E-state index is 12.0. The predicted molar refractivity (Wildman–Crippen MR) is 78.3 cm³/mol. The Balaban J connectivity index is 1.93. The summed E-state index contributed by atoms with van der Waals surface area (Å²) in [6, 6.07) is 6.14. The van der Waals surface area contributed by atoms with Crippen molar-refractivity contribution >= 4 is 23.4 Å². The van der Waals surface area contributed by atoms with Crippen LogP contribution in [0.15, 0.2) is 24.3 Å². The van der Waals surface area contributed by atoms with Crippen LogP contribution in [-0.2, 0) is 9.59 Å². The van der Waals surface area contributed by atoms with E-state index in [9.17, 15) is 14.4 Å². The van der Waals surface area contributed by atoms with Crippen molar-refractivity contribution in [3.8, 4) is 0 Å². The van der Waals surface area contributed by atoms with Gasteiger partial charge in [-0.05, 0) is 43.0 Å².